The number of nitrogens with two attached hydrogens (primary N) is 1. The zero-order valence-electron chi connectivity index (χ0n) is 10.5. The molecule has 0 radical (unpaired) electrons. The zero-order chi connectivity index (χ0) is 13.4. The Morgan fingerprint density at radius 1 is 1.35 bits per heavy atom. The van der Waals surface area contributed by atoms with Crippen LogP contribution in [0.3, 0.4) is 0 Å². The summed E-state index contributed by atoms with van der Waals surface area (Å²) in [4.78, 5) is 21.1. The van der Waals surface area contributed by atoms with Crippen LogP contribution in [-0.4, -0.2) is 23.3 Å². The summed E-state index contributed by atoms with van der Waals surface area (Å²) in [6, 6.07) is -0.706. The highest BCUT2D eigenvalue weighted by Gasteiger charge is 2.16. The van der Waals surface area contributed by atoms with E-state index in [1.807, 2.05) is 13.8 Å². The number of nitrogens with zero attached hydrogens (tertiary/aromatic N) is 1. The lowest BCUT2D eigenvalue weighted by molar-refractivity contribution is -0.141. The van der Waals surface area contributed by atoms with Crippen molar-refractivity contribution in [3.8, 4) is 0 Å². The fraction of sp³-hybridized carbons (Fsp3) is 0.727. The molecule has 17 heavy (non-hydrogen) atoms. The molecule has 0 bridgehead atoms. The van der Waals surface area contributed by atoms with E-state index in [1.165, 1.54) is 0 Å². The van der Waals surface area contributed by atoms with Gasteiger partial charge in [-0.3, -0.25) is 4.79 Å². The van der Waals surface area contributed by atoms with Crippen molar-refractivity contribution in [3.05, 3.63) is 0 Å². The van der Waals surface area contributed by atoms with Gasteiger partial charge >= 0.3 is 12.0 Å². The van der Waals surface area contributed by atoms with Gasteiger partial charge in [0.2, 0.25) is 0 Å². The molecule has 0 aromatic heterocycles. The number of rotatable bonds is 7. The van der Waals surface area contributed by atoms with E-state index in [4.69, 9.17) is 10.8 Å². The molecule has 0 spiro atoms. The van der Waals surface area contributed by atoms with Crippen LogP contribution in [0, 0.1) is 17.8 Å². The highest BCUT2D eigenvalue weighted by Crippen LogP contribution is 2.18. The number of primary amides is 1. The first-order valence-electron chi connectivity index (χ1n) is 5.66. The zero-order valence-corrected chi connectivity index (χ0v) is 10.5. The van der Waals surface area contributed by atoms with E-state index in [9.17, 15) is 9.59 Å². The quantitative estimate of drug-likeness (QED) is 0.465. The summed E-state index contributed by atoms with van der Waals surface area (Å²) in [5.74, 6) is -0.702. The average Bonchev–Trinajstić information content (AvgIpc) is 2.21. The standard InChI is InChI=1S/C11H21N3O3/c1-7(2)9(6-13-14-11(12)17)5-4-8(3)10(15)16/h6-9H,4-5H2,1-3H3,(H,15,16)(H3,12,14,17)/b13-6+/t8-,9+/m0/s1. The first-order valence-corrected chi connectivity index (χ1v) is 5.66. The van der Waals surface area contributed by atoms with Gasteiger partial charge < -0.3 is 10.8 Å². The molecule has 0 aliphatic rings. The molecular formula is C11H21N3O3. The fourth-order valence-corrected chi connectivity index (χ4v) is 1.34. The Bertz CT molecular complexity index is 290. The molecule has 0 rings (SSSR count). The number of aliphatic carboxylic acids is 1. The summed E-state index contributed by atoms with van der Waals surface area (Å²) in [5.41, 5.74) is 7.01. The maximum atomic E-state index is 10.7. The SMILES string of the molecule is CC(C)[C@@H](/C=N/NC(N)=O)CC[C@H](C)C(=O)O. The first-order chi connectivity index (χ1) is 7.84. The summed E-state index contributed by atoms with van der Waals surface area (Å²) in [6.07, 6.45) is 2.92. The summed E-state index contributed by atoms with van der Waals surface area (Å²) in [5, 5.41) is 12.5. The third-order valence-electron chi connectivity index (χ3n) is 2.65. The second-order valence-corrected chi connectivity index (χ2v) is 4.48. The molecular weight excluding hydrogens is 222 g/mol. The molecule has 0 aromatic rings. The normalized spacial score (nSPS) is 14.8. The number of urea groups is 1. The van der Waals surface area contributed by atoms with Crippen molar-refractivity contribution in [1.29, 1.82) is 0 Å². The molecule has 0 heterocycles. The van der Waals surface area contributed by atoms with Crippen LogP contribution < -0.4 is 11.2 Å². The minimum atomic E-state index is -0.792. The second kappa shape index (κ2) is 7.65. The molecule has 2 atom stereocenters. The van der Waals surface area contributed by atoms with Crippen LogP contribution in [0.4, 0.5) is 4.79 Å². The molecule has 0 unspecified atom stereocenters. The number of hydrogen-bond acceptors (Lipinski definition) is 3. The van der Waals surface area contributed by atoms with Gasteiger partial charge in [0.15, 0.2) is 0 Å². The van der Waals surface area contributed by atoms with Crippen molar-refractivity contribution in [2.45, 2.75) is 33.6 Å². The molecule has 6 heteroatoms. The first kappa shape index (κ1) is 15.4. The lowest BCUT2D eigenvalue weighted by Crippen LogP contribution is -2.25. The van der Waals surface area contributed by atoms with Crippen LogP contribution in [0.25, 0.3) is 0 Å². The number of hydrogen-bond donors (Lipinski definition) is 3. The number of amides is 2. The number of carboxylic acids is 1. The van der Waals surface area contributed by atoms with Crippen LogP contribution in [0.15, 0.2) is 5.10 Å². The Kier molecular flexibility index (Phi) is 6.93. The van der Waals surface area contributed by atoms with Crippen molar-refractivity contribution in [2.75, 3.05) is 0 Å². The second-order valence-electron chi connectivity index (χ2n) is 4.48. The summed E-state index contributed by atoms with van der Waals surface area (Å²) >= 11 is 0. The van der Waals surface area contributed by atoms with Gasteiger partial charge in [0.05, 0.1) is 5.92 Å². The van der Waals surface area contributed by atoms with Crippen molar-refractivity contribution in [3.63, 3.8) is 0 Å². The molecule has 0 saturated heterocycles. The number of nitrogens with one attached hydrogen (secondary N) is 1. The van der Waals surface area contributed by atoms with E-state index in [2.05, 4.69) is 10.5 Å². The van der Waals surface area contributed by atoms with E-state index in [0.29, 0.717) is 12.3 Å². The van der Waals surface area contributed by atoms with Gasteiger partial charge in [0, 0.05) is 6.21 Å². The smallest absolute Gasteiger partial charge is 0.332 e. The highest BCUT2D eigenvalue weighted by atomic mass is 16.4. The Hall–Kier alpha value is -1.59. The van der Waals surface area contributed by atoms with Crippen molar-refractivity contribution in [2.24, 2.45) is 28.6 Å². The van der Waals surface area contributed by atoms with Gasteiger partial charge in [-0.05, 0) is 24.7 Å². The van der Waals surface area contributed by atoms with E-state index in [0.717, 1.165) is 6.42 Å². The summed E-state index contributed by atoms with van der Waals surface area (Å²) in [6.45, 7) is 5.72. The molecule has 0 aromatic carbocycles. The van der Waals surface area contributed by atoms with Crippen LogP contribution in [0.2, 0.25) is 0 Å². The third-order valence-corrected chi connectivity index (χ3v) is 2.65. The molecule has 2 amide bonds. The predicted octanol–water partition coefficient (Wildman–Crippen LogP) is 1.41. The monoisotopic (exact) mass is 243 g/mol. The Labute approximate surface area is 101 Å². The third kappa shape index (κ3) is 7.32. The minimum absolute atomic E-state index is 0.128. The van der Waals surface area contributed by atoms with Gasteiger partial charge in [-0.1, -0.05) is 20.8 Å². The van der Waals surface area contributed by atoms with Crippen molar-refractivity contribution in [1.82, 2.24) is 5.43 Å². The summed E-state index contributed by atoms with van der Waals surface area (Å²) in [7, 11) is 0. The Morgan fingerprint density at radius 3 is 2.35 bits per heavy atom. The molecule has 0 fully saturated rings. The summed E-state index contributed by atoms with van der Waals surface area (Å²) < 4.78 is 0. The topological polar surface area (TPSA) is 105 Å². The molecule has 4 N–H and O–H groups in total. The van der Waals surface area contributed by atoms with Gasteiger partial charge in [-0.25, -0.2) is 10.2 Å². The number of hydrazone groups is 1. The van der Waals surface area contributed by atoms with Gasteiger partial charge in [0.1, 0.15) is 0 Å². The van der Waals surface area contributed by atoms with Gasteiger partial charge in [-0.2, -0.15) is 5.10 Å². The lowest BCUT2D eigenvalue weighted by Gasteiger charge is -2.17. The Balaban J connectivity index is 4.20. The Morgan fingerprint density at radius 2 is 1.94 bits per heavy atom. The maximum Gasteiger partial charge on any atom is 0.332 e. The molecule has 0 aliphatic heterocycles. The van der Waals surface area contributed by atoms with E-state index < -0.39 is 12.0 Å². The van der Waals surface area contributed by atoms with Crippen molar-refractivity contribution >= 4 is 18.2 Å². The molecule has 6 nitrogen and oxygen atoms in total. The molecule has 98 valence electrons. The van der Waals surface area contributed by atoms with Crippen molar-refractivity contribution < 1.29 is 14.7 Å². The van der Waals surface area contributed by atoms with E-state index >= 15 is 0 Å². The number of carbonyl (C=O) groups is 2. The molecule has 0 aliphatic carbocycles. The van der Waals surface area contributed by atoms with Gasteiger partial charge in [-0.15, -0.1) is 0 Å². The molecule has 0 saturated carbocycles. The average molecular weight is 243 g/mol. The number of carboxylic acid groups (broad SMARTS) is 1. The van der Waals surface area contributed by atoms with Crippen LogP contribution in [0.1, 0.15) is 33.6 Å². The van der Waals surface area contributed by atoms with Crippen LogP contribution >= 0.6 is 0 Å². The fourth-order valence-electron chi connectivity index (χ4n) is 1.34. The van der Waals surface area contributed by atoms with Crippen LogP contribution in [-0.2, 0) is 4.79 Å². The lowest BCUT2D eigenvalue weighted by atomic mass is 9.89. The number of carbonyl (C=O) groups excluding carboxylic acids is 1. The van der Waals surface area contributed by atoms with E-state index in [1.54, 1.807) is 13.1 Å². The van der Waals surface area contributed by atoms with Crippen LogP contribution in [0.5, 0.6) is 0 Å². The highest BCUT2D eigenvalue weighted by molar-refractivity contribution is 5.73. The largest absolute Gasteiger partial charge is 0.481 e. The maximum absolute atomic E-state index is 10.7. The predicted molar refractivity (Wildman–Crippen MR) is 65.6 cm³/mol. The van der Waals surface area contributed by atoms with E-state index in [-0.39, 0.29) is 11.8 Å². The van der Waals surface area contributed by atoms with Gasteiger partial charge in [0.25, 0.3) is 0 Å². The minimum Gasteiger partial charge on any atom is -0.481 e.